The van der Waals surface area contributed by atoms with Gasteiger partial charge in [-0.1, -0.05) is 13.3 Å². The Balaban J connectivity index is 2.32. The van der Waals surface area contributed by atoms with Crippen LogP contribution in [0, 0.1) is 11.8 Å². The normalized spacial score (nSPS) is 32.5. The first-order valence-corrected chi connectivity index (χ1v) is 4.30. The number of nitrogens with zero attached hydrogens (tertiary/aromatic N) is 1. The summed E-state index contributed by atoms with van der Waals surface area (Å²) in [7, 11) is 0. The van der Waals surface area contributed by atoms with Crippen molar-refractivity contribution >= 4 is 5.71 Å². The maximum absolute atomic E-state index is 4.40. The van der Waals surface area contributed by atoms with E-state index in [4.69, 9.17) is 0 Å². The molecule has 1 saturated carbocycles. The highest BCUT2D eigenvalue weighted by Crippen LogP contribution is 2.41. The molecule has 0 aliphatic heterocycles. The summed E-state index contributed by atoms with van der Waals surface area (Å²) in [6.07, 6.45) is 2.73. The van der Waals surface area contributed by atoms with Crippen LogP contribution < -0.4 is 0 Å². The van der Waals surface area contributed by atoms with Crippen LogP contribution in [-0.4, -0.2) is 12.3 Å². The summed E-state index contributed by atoms with van der Waals surface area (Å²) in [6.45, 7) is 7.50. The largest absolute Gasteiger partial charge is 0.294 e. The lowest BCUT2D eigenvalue weighted by atomic mass is 10.2. The molecule has 0 bridgehead atoms. The van der Waals surface area contributed by atoms with Crippen LogP contribution in [0.15, 0.2) is 4.99 Å². The fraction of sp³-hybridized carbons (Fsp3) is 0.889. The van der Waals surface area contributed by atoms with E-state index in [1.165, 1.54) is 18.6 Å². The third-order valence-electron chi connectivity index (χ3n) is 2.39. The Labute approximate surface area is 63.5 Å². The van der Waals surface area contributed by atoms with E-state index in [9.17, 15) is 0 Å². The Morgan fingerprint density at radius 1 is 1.50 bits per heavy atom. The van der Waals surface area contributed by atoms with Crippen molar-refractivity contribution in [3.63, 3.8) is 0 Å². The topological polar surface area (TPSA) is 12.4 Å². The van der Waals surface area contributed by atoms with Crippen molar-refractivity contribution in [1.29, 1.82) is 0 Å². The van der Waals surface area contributed by atoms with Crippen molar-refractivity contribution in [3.8, 4) is 0 Å². The van der Waals surface area contributed by atoms with Gasteiger partial charge < -0.3 is 0 Å². The van der Waals surface area contributed by atoms with Crippen LogP contribution in [0.1, 0.15) is 33.6 Å². The van der Waals surface area contributed by atoms with Gasteiger partial charge >= 0.3 is 0 Å². The zero-order chi connectivity index (χ0) is 7.56. The summed E-state index contributed by atoms with van der Waals surface area (Å²) in [6, 6.07) is 0. The van der Waals surface area contributed by atoms with E-state index in [0.717, 1.165) is 18.4 Å². The zero-order valence-electron chi connectivity index (χ0n) is 7.22. The van der Waals surface area contributed by atoms with Crippen molar-refractivity contribution in [3.05, 3.63) is 0 Å². The van der Waals surface area contributed by atoms with Gasteiger partial charge in [-0.2, -0.15) is 0 Å². The van der Waals surface area contributed by atoms with Crippen LogP contribution in [0.3, 0.4) is 0 Å². The van der Waals surface area contributed by atoms with Gasteiger partial charge in [-0.25, -0.2) is 0 Å². The van der Waals surface area contributed by atoms with Gasteiger partial charge in [0, 0.05) is 12.3 Å². The second-order valence-corrected chi connectivity index (χ2v) is 3.13. The molecule has 0 aromatic heterocycles. The highest BCUT2D eigenvalue weighted by Gasteiger charge is 2.36. The second-order valence-electron chi connectivity index (χ2n) is 3.13. The molecule has 1 rings (SSSR count). The van der Waals surface area contributed by atoms with Gasteiger partial charge in [0.1, 0.15) is 0 Å². The highest BCUT2D eigenvalue weighted by atomic mass is 14.7. The Morgan fingerprint density at radius 3 is 2.60 bits per heavy atom. The SMILES string of the molecule is CCN=C(C)C1CC1CC. The number of hydrogen-bond donors (Lipinski definition) is 0. The lowest BCUT2D eigenvalue weighted by Crippen LogP contribution is -1.96. The standard InChI is InChI=1S/C9H17N/c1-4-8-6-9(8)7(3)10-5-2/h8-9H,4-6H2,1-3H3. The molecule has 1 aliphatic rings. The van der Waals surface area contributed by atoms with Crippen molar-refractivity contribution in [2.75, 3.05) is 6.54 Å². The monoisotopic (exact) mass is 139 g/mol. The van der Waals surface area contributed by atoms with Gasteiger partial charge in [-0.3, -0.25) is 4.99 Å². The predicted molar refractivity (Wildman–Crippen MR) is 45.5 cm³/mol. The highest BCUT2D eigenvalue weighted by molar-refractivity contribution is 5.86. The molecule has 0 heterocycles. The van der Waals surface area contributed by atoms with Gasteiger partial charge in [-0.05, 0) is 32.1 Å². The minimum Gasteiger partial charge on any atom is -0.294 e. The molecule has 0 N–H and O–H groups in total. The molecule has 1 fully saturated rings. The first kappa shape index (κ1) is 7.77. The summed E-state index contributed by atoms with van der Waals surface area (Å²) in [5.74, 6) is 1.82. The molecule has 0 spiro atoms. The summed E-state index contributed by atoms with van der Waals surface area (Å²) >= 11 is 0. The fourth-order valence-electron chi connectivity index (χ4n) is 1.58. The van der Waals surface area contributed by atoms with E-state index in [2.05, 4.69) is 25.8 Å². The second kappa shape index (κ2) is 3.18. The Bertz CT molecular complexity index is 138. The maximum atomic E-state index is 4.40. The Kier molecular flexibility index (Phi) is 2.47. The molecule has 0 aromatic rings. The lowest BCUT2D eigenvalue weighted by molar-refractivity contribution is 0.766. The summed E-state index contributed by atoms with van der Waals surface area (Å²) in [4.78, 5) is 4.40. The third-order valence-corrected chi connectivity index (χ3v) is 2.39. The van der Waals surface area contributed by atoms with Crippen LogP contribution in [0.5, 0.6) is 0 Å². The smallest absolute Gasteiger partial charge is 0.0360 e. The molecule has 1 nitrogen and oxygen atoms in total. The molecule has 0 saturated heterocycles. The molecule has 2 unspecified atom stereocenters. The number of rotatable bonds is 3. The summed E-state index contributed by atoms with van der Waals surface area (Å²) in [5.41, 5.74) is 1.38. The molecular weight excluding hydrogens is 122 g/mol. The first-order chi connectivity index (χ1) is 4.79. The van der Waals surface area contributed by atoms with Gasteiger partial charge in [0.25, 0.3) is 0 Å². The maximum Gasteiger partial charge on any atom is 0.0360 e. The van der Waals surface area contributed by atoms with Gasteiger partial charge in [0.15, 0.2) is 0 Å². The summed E-state index contributed by atoms with van der Waals surface area (Å²) < 4.78 is 0. The lowest BCUT2D eigenvalue weighted by Gasteiger charge is -1.95. The quantitative estimate of drug-likeness (QED) is 0.533. The number of hydrogen-bond acceptors (Lipinski definition) is 1. The van der Waals surface area contributed by atoms with Crippen LogP contribution in [0.25, 0.3) is 0 Å². The van der Waals surface area contributed by atoms with E-state index in [1.807, 2.05) is 0 Å². The van der Waals surface area contributed by atoms with Crippen molar-refractivity contribution < 1.29 is 0 Å². The molecule has 10 heavy (non-hydrogen) atoms. The van der Waals surface area contributed by atoms with Crippen molar-refractivity contribution in [2.45, 2.75) is 33.6 Å². The molecule has 1 heteroatoms. The molecule has 0 amide bonds. The molecule has 0 radical (unpaired) electrons. The minimum absolute atomic E-state index is 0.852. The molecule has 58 valence electrons. The molecule has 1 aliphatic carbocycles. The van der Waals surface area contributed by atoms with Crippen LogP contribution in [-0.2, 0) is 0 Å². The van der Waals surface area contributed by atoms with E-state index < -0.39 is 0 Å². The minimum atomic E-state index is 0.852. The van der Waals surface area contributed by atoms with Crippen molar-refractivity contribution in [1.82, 2.24) is 0 Å². The zero-order valence-corrected chi connectivity index (χ0v) is 7.22. The van der Waals surface area contributed by atoms with Crippen molar-refractivity contribution in [2.24, 2.45) is 16.8 Å². The van der Waals surface area contributed by atoms with Crippen LogP contribution >= 0.6 is 0 Å². The van der Waals surface area contributed by atoms with E-state index in [1.54, 1.807) is 0 Å². The Hall–Kier alpha value is -0.330. The number of aliphatic imine (C=N–C) groups is 1. The fourth-order valence-corrected chi connectivity index (χ4v) is 1.58. The van der Waals surface area contributed by atoms with Crippen LogP contribution in [0.4, 0.5) is 0 Å². The van der Waals surface area contributed by atoms with E-state index in [-0.39, 0.29) is 0 Å². The van der Waals surface area contributed by atoms with Crippen LogP contribution in [0.2, 0.25) is 0 Å². The molecule has 2 atom stereocenters. The predicted octanol–water partition coefficient (Wildman–Crippen LogP) is 2.51. The Morgan fingerprint density at radius 2 is 2.20 bits per heavy atom. The van der Waals surface area contributed by atoms with E-state index >= 15 is 0 Å². The average Bonchev–Trinajstić information content (AvgIpc) is 2.66. The molecular formula is C9H17N. The van der Waals surface area contributed by atoms with E-state index in [0.29, 0.717) is 0 Å². The van der Waals surface area contributed by atoms with Gasteiger partial charge in [-0.15, -0.1) is 0 Å². The molecule has 0 aromatic carbocycles. The van der Waals surface area contributed by atoms with Gasteiger partial charge in [0.05, 0.1) is 0 Å². The average molecular weight is 139 g/mol. The third kappa shape index (κ3) is 1.59. The van der Waals surface area contributed by atoms with Gasteiger partial charge in [0.2, 0.25) is 0 Å². The summed E-state index contributed by atoms with van der Waals surface area (Å²) in [5, 5.41) is 0. The first-order valence-electron chi connectivity index (χ1n) is 4.30.